The van der Waals surface area contributed by atoms with Crippen LogP contribution in [0.2, 0.25) is 0 Å². The molecule has 0 aromatic heterocycles. The van der Waals surface area contributed by atoms with Crippen molar-refractivity contribution in [3.05, 3.63) is 71.0 Å². The lowest BCUT2D eigenvalue weighted by atomic mass is 10.1. The molecule has 5 nitrogen and oxygen atoms in total. The predicted octanol–water partition coefficient (Wildman–Crippen LogP) is 3.16. The van der Waals surface area contributed by atoms with Crippen LogP contribution in [0.15, 0.2) is 42.5 Å². The predicted molar refractivity (Wildman–Crippen MR) is 76.5 cm³/mol. The van der Waals surface area contributed by atoms with Crippen molar-refractivity contribution in [1.82, 2.24) is 5.32 Å². The lowest BCUT2D eigenvalue weighted by molar-refractivity contribution is -0.139. The Labute approximate surface area is 134 Å². The molecule has 1 atom stereocenters. The highest BCUT2D eigenvalue weighted by Crippen LogP contribution is 2.21. The molecule has 0 aliphatic carbocycles. The molecule has 1 unspecified atom stereocenters. The largest absolute Gasteiger partial charge is 0.479 e. The maximum atomic E-state index is 13.7. The van der Waals surface area contributed by atoms with Gasteiger partial charge in [-0.15, -0.1) is 0 Å². The Hall–Kier alpha value is -3.03. The molecule has 0 saturated heterocycles. The molecule has 0 aliphatic rings. The molecular weight excluding hydrogens is 327 g/mol. The molecule has 126 valence electrons. The Morgan fingerprint density at radius 2 is 1.67 bits per heavy atom. The minimum atomic E-state index is -1.93. The van der Waals surface area contributed by atoms with Crippen LogP contribution in [0.5, 0.6) is 0 Å². The van der Waals surface area contributed by atoms with Crippen molar-refractivity contribution >= 4 is 12.1 Å². The second-order valence-corrected chi connectivity index (χ2v) is 4.77. The van der Waals surface area contributed by atoms with Gasteiger partial charge in [0.15, 0.2) is 17.7 Å². The third kappa shape index (κ3) is 4.25. The highest BCUT2D eigenvalue weighted by atomic mass is 19.2. The summed E-state index contributed by atoms with van der Waals surface area (Å²) in [5.41, 5.74) is -0.0726. The Kier molecular flexibility index (Phi) is 5.41. The van der Waals surface area contributed by atoms with Crippen LogP contribution in [0.3, 0.4) is 0 Å². The van der Waals surface area contributed by atoms with E-state index < -0.39 is 41.1 Å². The average Bonchev–Trinajstić information content (AvgIpc) is 2.55. The number of carbonyl (C=O) groups is 2. The Morgan fingerprint density at radius 1 is 1.04 bits per heavy atom. The first-order chi connectivity index (χ1) is 11.4. The molecule has 0 heterocycles. The number of hydrogen-bond donors (Lipinski definition) is 2. The number of carboxylic acids is 1. The zero-order valence-electron chi connectivity index (χ0n) is 12.1. The Balaban J connectivity index is 2.10. The maximum Gasteiger partial charge on any atom is 0.408 e. The number of benzene rings is 2. The van der Waals surface area contributed by atoms with E-state index in [0.717, 1.165) is 0 Å². The van der Waals surface area contributed by atoms with Gasteiger partial charge in [-0.2, -0.15) is 0 Å². The molecule has 0 bridgehead atoms. The van der Waals surface area contributed by atoms with Gasteiger partial charge in [0, 0.05) is 11.6 Å². The Morgan fingerprint density at radius 3 is 2.29 bits per heavy atom. The molecule has 2 aromatic rings. The van der Waals surface area contributed by atoms with Crippen LogP contribution in [0.1, 0.15) is 17.2 Å². The third-order valence-electron chi connectivity index (χ3n) is 3.07. The van der Waals surface area contributed by atoms with E-state index >= 15 is 0 Å². The summed E-state index contributed by atoms with van der Waals surface area (Å²) < 4.78 is 44.6. The number of halogens is 3. The van der Waals surface area contributed by atoms with Crippen LogP contribution in [0, 0.1) is 17.5 Å². The third-order valence-corrected chi connectivity index (χ3v) is 3.07. The summed E-state index contributed by atoms with van der Waals surface area (Å²) in [6, 6.07) is 7.20. The number of nitrogens with one attached hydrogen (secondary N) is 1. The minimum absolute atomic E-state index is 0.140. The summed E-state index contributed by atoms with van der Waals surface area (Å²) in [4.78, 5) is 22.9. The Bertz CT molecular complexity index is 752. The molecule has 0 aliphatic heterocycles. The van der Waals surface area contributed by atoms with Crippen LogP contribution in [0.4, 0.5) is 18.0 Å². The van der Waals surface area contributed by atoms with Crippen molar-refractivity contribution in [1.29, 1.82) is 0 Å². The summed E-state index contributed by atoms with van der Waals surface area (Å²) in [5, 5.41) is 11.0. The number of rotatable bonds is 5. The van der Waals surface area contributed by atoms with Gasteiger partial charge >= 0.3 is 12.1 Å². The van der Waals surface area contributed by atoms with E-state index in [1.54, 1.807) is 30.3 Å². The van der Waals surface area contributed by atoms with E-state index in [-0.39, 0.29) is 12.7 Å². The van der Waals surface area contributed by atoms with Gasteiger partial charge in [0.05, 0.1) is 0 Å². The zero-order valence-corrected chi connectivity index (χ0v) is 12.1. The standard InChI is InChI=1S/C16H12F3NO4/c17-11-7-13(19)12(18)6-10(11)14(15(21)22)20-16(23)24-8-9-4-2-1-3-5-9/h1-7,14H,8H2,(H,20,23)(H,21,22). The van der Waals surface area contributed by atoms with E-state index in [0.29, 0.717) is 11.6 Å². The SMILES string of the molecule is O=C(NC(C(=O)O)c1cc(F)c(F)cc1F)OCc1ccccc1. The number of hydrogen-bond acceptors (Lipinski definition) is 3. The van der Waals surface area contributed by atoms with E-state index in [9.17, 15) is 22.8 Å². The van der Waals surface area contributed by atoms with Crippen LogP contribution >= 0.6 is 0 Å². The number of amides is 1. The molecule has 8 heteroatoms. The molecule has 2 N–H and O–H groups in total. The van der Waals surface area contributed by atoms with Gasteiger partial charge in [-0.05, 0) is 11.6 Å². The molecule has 0 fully saturated rings. The fourth-order valence-corrected chi connectivity index (χ4v) is 1.91. The van der Waals surface area contributed by atoms with Crippen molar-refractivity contribution in [3.8, 4) is 0 Å². The monoisotopic (exact) mass is 339 g/mol. The van der Waals surface area contributed by atoms with Gasteiger partial charge in [-0.3, -0.25) is 0 Å². The topological polar surface area (TPSA) is 75.6 Å². The van der Waals surface area contributed by atoms with Crippen molar-refractivity contribution in [2.45, 2.75) is 12.6 Å². The first kappa shape index (κ1) is 17.3. The molecule has 2 aromatic carbocycles. The van der Waals surface area contributed by atoms with Crippen molar-refractivity contribution in [2.75, 3.05) is 0 Å². The lowest BCUT2D eigenvalue weighted by Crippen LogP contribution is -2.34. The summed E-state index contributed by atoms with van der Waals surface area (Å²) in [6.45, 7) is -0.140. The van der Waals surface area contributed by atoms with Gasteiger partial charge < -0.3 is 15.2 Å². The van der Waals surface area contributed by atoms with Crippen LogP contribution in [-0.2, 0) is 16.1 Å². The van der Waals surface area contributed by atoms with Gasteiger partial charge in [-0.25, -0.2) is 22.8 Å². The fourth-order valence-electron chi connectivity index (χ4n) is 1.91. The molecule has 0 radical (unpaired) electrons. The van der Waals surface area contributed by atoms with E-state index in [4.69, 9.17) is 9.84 Å². The summed E-state index contributed by atoms with van der Waals surface area (Å²) in [5.74, 6) is -5.86. The molecule has 0 spiro atoms. The number of aliphatic carboxylic acids is 1. The number of carbonyl (C=O) groups excluding carboxylic acids is 1. The number of carboxylic acid groups (broad SMARTS) is 1. The van der Waals surface area contributed by atoms with Gasteiger partial charge in [0.1, 0.15) is 12.4 Å². The van der Waals surface area contributed by atoms with E-state index in [1.165, 1.54) is 0 Å². The summed E-state index contributed by atoms with van der Waals surface area (Å²) in [7, 11) is 0. The average molecular weight is 339 g/mol. The number of alkyl carbamates (subject to hydrolysis) is 1. The van der Waals surface area contributed by atoms with Crippen LogP contribution in [0.25, 0.3) is 0 Å². The smallest absolute Gasteiger partial charge is 0.408 e. The maximum absolute atomic E-state index is 13.7. The minimum Gasteiger partial charge on any atom is -0.479 e. The zero-order chi connectivity index (χ0) is 17.7. The molecular formula is C16H12F3NO4. The quantitative estimate of drug-likeness (QED) is 0.821. The van der Waals surface area contributed by atoms with Gasteiger partial charge in [0.25, 0.3) is 0 Å². The first-order valence-corrected chi connectivity index (χ1v) is 6.73. The first-order valence-electron chi connectivity index (χ1n) is 6.73. The number of ether oxygens (including phenoxy) is 1. The normalized spacial score (nSPS) is 11.6. The second-order valence-electron chi connectivity index (χ2n) is 4.77. The molecule has 0 saturated carbocycles. The highest BCUT2D eigenvalue weighted by molar-refractivity contribution is 5.81. The molecule has 2 rings (SSSR count). The summed E-state index contributed by atoms with van der Waals surface area (Å²) in [6.07, 6.45) is -1.14. The van der Waals surface area contributed by atoms with E-state index in [1.807, 2.05) is 5.32 Å². The van der Waals surface area contributed by atoms with Crippen LogP contribution < -0.4 is 5.32 Å². The van der Waals surface area contributed by atoms with Gasteiger partial charge in [0.2, 0.25) is 0 Å². The lowest BCUT2D eigenvalue weighted by Gasteiger charge is -2.16. The highest BCUT2D eigenvalue weighted by Gasteiger charge is 2.27. The molecule has 24 heavy (non-hydrogen) atoms. The summed E-state index contributed by atoms with van der Waals surface area (Å²) >= 11 is 0. The second kappa shape index (κ2) is 7.49. The molecule has 1 amide bonds. The van der Waals surface area contributed by atoms with E-state index in [2.05, 4.69) is 0 Å². The van der Waals surface area contributed by atoms with Crippen molar-refractivity contribution in [2.24, 2.45) is 0 Å². The van der Waals surface area contributed by atoms with Gasteiger partial charge in [-0.1, -0.05) is 30.3 Å². The van der Waals surface area contributed by atoms with Crippen molar-refractivity contribution in [3.63, 3.8) is 0 Å². The fraction of sp³-hybridized carbons (Fsp3) is 0.125. The van der Waals surface area contributed by atoms with Crippen LogP contribution in [-0.4, -0.2) is 17.2 Å². The van der Waals surface area contributed by atoms with Crippen molar-refractivity contribution < 1.29 is 32.6 Å².